The molecule has 0 spiro atoms. The van der Waals surface area contributed by atoms with Gasteiger partial charge >= 0.3 is 5.69 Å². The van der Waals surface area contributed by atoms with E-state index < -0.39 is 0 Å². The first kappa shape index (κ1) is 19.0. The van der Waals surface area contributed by atoms with Crippen LogP contribution in [0.1, 0.15) is 11.1 Å². The minimum atomic E-state index is -0.319. The van der Waals surface area contributed by atoms with Crippen LogP contribution >= 0.6 is 11.6 Å². The van der Waals surface area contributed by atoms with Crippen LogP contribution < -0.4 is 10.4 Å². The third-order valence-electron chi connectivity index (χ3n) is 4.75. The van der Waals surface area contributed by atoms with E-state index in [-0.39, 0.29) is 12.3 Å². The lowest BCUT2D eigenvalue weighted by molar-refractivity contribution is 0.305. The van der Waals surface area contributed by atoms with Gasteiger partial charge in [-0.05, 0) is 52.2 Å². The van der Waals surface area contributed by atoms with Gasteiger partial charge in [0, 0.05) is 12.6 Å². The van der Waals surface area contributed by atoms with Crippen molar-refractivity contribution in [2.24, 2.45) is 7.05 Å². The average Bonchev–Trinajstić information content (AvgIpc) is 3.07. The van der Waals surface area contributed by atoms with Crippen LogP contribution in [-0.2, 0) is 13.7 Å². The molecule has 0 aliphatic heterocycles. The van der Waals surface area contributed by atoms with E-state index in [1.54, 1.807) is 7.05 Å². The second kappa shape index (κ2) is 7.93. The van der Waals surface area contributed by atoms with Crippen molar-refractivity contribution in [1.29, 1.82) is 0 Å². The van der Waals surface area contributed by atoms with Crippen LogP contribution in [0.5, 0.6) is 5.75 Å². The van der Waals surface area contributed by atoms with Crippen LogP contribution in [0.25, 0.3) is 16.8 Å². The maximum absolute atomic E-state index is 12.3. The Kier molecular flexibility index (Phi) is 5.18. The number of aromatic nitrogens is 4. The van der Waals surface area contributed by atoms with Crippen molar-refractivity contribution in [2.45, 2.75) is 13.5 Å². The van der Waals surface area contributed by atoms with Crippen LogP contribution in [0.4, 0.5) is 0 Å². The molecule has 0 bridgehead atoms. The first-order valence-electron chi connectivity index (χ1n) is 9.10. The van der Waals surface area contributed by atoms with E-state index in [2.05, 4.69) is 10.4 Å². The van der Waals surface area contributed by atoms with Crippen LogP contribution in [0.15, 0.2) is 71.5 Å². The molecule has 1 heterocycles. The Morgan fingerprint density at radius 3 is 2.48 bits per heavy atom. The normalized spacial score (nSPS) is 10.9. The van der Waals surface area contributed by atoms with Gasteiger partial charge in [0.1, 0.15) is 12.4 Å². The highest BCUT2D eigenvalue weighted by atomic mass is 35.5. The predicted molar refractivity (Wildman–Crippen MR) is 113 cm³/mol. The number of tetrazole rings is 1. The second-order valence-electron chi connectivity index (χ2n) is 6.67. The van der Waals surface area contributed by atoms with Crippen molar-refractivity contribution in [1.82, 2.24) is 19.8 Å². The van der Waals surface area contributed by atoms with Crippen molar-refractivity contribution in [3.05, 3.63) is 93.4 Å². The fraction of sp³-hybridized carbons (Fsp3) is 0.136. The molecule has 4 rings (SSSR count). The van der Waals surface area contributed by atoms with E-state index in [0.717, 1.165) is 22.3 Å². The molecule has 0 fully saturated rings. The molecular formula is C22H19ClN4O2. The van der Waals surface area contributed by atoms with Gasteiger partial charge in [-0.2, -0.15) is 9.36 Å². The summed E-state index contributed by atoms with van der Waals surface area (Å²) in [6.45, 7) is 2.20. The summed E-state index contributed by atoms with van der Waals surface area (Å²) >= 11 is 6.37. The summed E-state index contributed by atoms with van der Waals surface area (Å²) in [5.74, 6) is 0.578. The molecule has 0 N–H and O–H groups in total. The maximum Gasteiger partial charge on any atom is 0.368 e. The van der Waals surface area contributed by atoms with E-state index in [1.165, 1.54) is 9.36 Å². The molecule has 0 saturated carbocycles. The van der Waals surface area contributed by atoms with Gasteiger partial charge in [-0.25, -0.2) is 4.79 Å². The van der Waals surface area contributed by atoms with Crippen molar-refractivity contribution < 1.29 is 4.74 Å². The Hall–Kier alpha value is -3.38. The number of benzene rings is 3. The third kappa shape index (κ3) is 3.79. The molecule has 0 amide bonds. The van der Waals surface area contributed by atoms with Gasteiger partial charge in [-0.3, -0.25) is 0 Å². The lowest BCUT2D eigenvalue weighted by Gasteiger charge is -2.14. The summed E-state index contributed by atoms with van der Waals surface area (Å²) in [6.07, 6.45) is 0. The molecule has 0 unspecified atom stereocenters. The zero-order valence-corrected chi connectivity index (χ0v) is 16.8. The fourth-order valence-corrected chi connectivity index (χ4v) is 3.28. The molecule has 1 aromatic heterocycles. The number of ether oxygens (including phenoxy) is 1. The monoisotopic (exact) mass is 406 g/mol. The van der Waals surface area contributed by atoms with Crippen LogP contribution in [0, 0.1) is 6.92 Å². The first-order valence-corrected chi connectivity index (χ1v) is 9.48. The molecule has 7 heteroatoms. The highest BCUT2D eigenvalue weighted by molar-refractivity contribution is 6.32. The van der Waals surface area contributed by atoms with Crippen LogP contribution in [0.2, 0.25) is 5.02 Å². The lowest BCUT2D eigenvalue weighted by atomic mass is 10.1. The Morgan fingerprint density at radius 2 is 1.76 bits per heavy atom. The van der Waals surface area contributed by atoms with Gasteiger partial charge in [0.2, 0.25) is 0 Å². The first-order chi connectivity index (χ1) is 14.0. The molecular weight excluding hydrogens is 388 g/mol. The minimum absolute atomic E-state index is 0.239. The quantitative estimate of drug-likeness (QED) is 0.499. The zero-order chi connectivity index (χ0) is 20.4. The molecule has 0 atom stereocenters. The molecule has 3 aromatic carbocycles. The Balaban J connectivity index is 1.67. The lowest BCUT2D eigenvalue weighted by Crippen LogP contribution is -2.23. The van der Waals surface area contributed by atoms with Crippen LogP contribution in [0.3, 0.4) is 0 Å². The van der Waals surface area contributed by atoms with Crippen LogP contribution in [-0.4, -0.2) is 19.8 Å². The highest BCUT2D eigenvalue weighted by Crippen LogP contribution is 2.31. The minimum Gasteiger partial charge on any atom is -0.487 e. The molecule has 0 aliphatic rings. The molecule has 6 nitrogen and oxygen atoms in total. The smallest absolute Gasteiger partial charge is 0.368 e. The Bertz CT molecular complexity index is 1220. The molecule has 4 aromatic rings. The third-order valence-corrected chi connectivity index (χ3v) is 5.06. The average molecular weight is 407 g/mol. The summed E-state index contributed by atoms with van der Waals surface area (Å²) in [5, 5.41) is 8.27. The number of hydrogen-bond donors (Lipinski definition) is 0. The largest absolute Gasteiger partial charge is 0.487 e. The van der Waals surface area contributed by atoms with E-state index in [0.29, 0.717) is 16.5 Å². The number of rotatable bonds is 5. The van der Waals surface area contributed by atoms with Gasteiger partial charge in [-0.15, -0.1) is 0 Å². The maximum atomic E-state index is 12.3. The van der Waals surface area contributed by atoms with Gasteiger partial charge < -0.3 is 4.74 Å². The number of hydrogen-bond acceptors (Lipinski definition) is 4. The number of nitrogens with zero attached hydrogens (tertiary/aromatic N) is 4. The predicted octanol–water partition coefficient (Wildman–Crippen LogP) is 4.17. The summed E-state index contributed by atoms with van der Waals surface area (Å²) in [4.78, 5) is 12.3. The molecule has 0 aliphatic carbocycles. The van der Waals surface area contributed by atoms with E-state index >= 15 is 0 Å². The Labute approximate surface area is 172 Å². The van der Waals surface area contributed by atoms with E-state index in [9.17, 15) is 4.79 Å². The standard InChI is InChI=1S/C22H19ClN4O2/c1-15-7-6-10-20(27-22(28)26(2)24-25-27)18(15)14-29-21-13-17(11-12-19(21)23)16-8-4-3-5-9-16/h3-13H,14H2,1-2H3. The molecule has 146 valence electrons. The topological polar surface area (TPSA) is 61.9 Å². The highest BCUT2D eigenvalue weighted by Gasteiger charge is 2.14. The number of halogens is 1. The van der Waals surface area contributed by atoms with Crippen molar-refractivity contribution in [3.8, 4) is 22.6 Å². The fourth-order valence-electron chi connectivity index (χ4n) is 3.11. The SMILES string of the molecule is Cc1cccc(-n2nnn(C)c2=O)c1COc1cc(-c2ccccc2)ccc1Cl. The van der Waals surface area contributed by atoms with Gasteiger partial charge in [0.25, 0.3) is 0 Å². The van der Waals surface area contributed by atoms with Gasteiger partial charge in [0.05, 0.1) is 10.7 Å². The summed E-state index contributed by atoms with van der Waals surface area (Å²) in [5.41, 5.74) is 4.24. The zero-order valence-electron chi connectivity index (χ0n) is 16.0. The van der Waals surface area contributed by atoms with Gasteiger partial charge in [-0.1, -0.05) is 60.1 Å². The molecule has 0 radical (unpaired) electrons. The van der Waals surface area contributed by atoms with E-state index in [4.69, 9.17) is 16.3 Å². The number of aryl methyl sites for hydroxylation is 2. The summed E-state index contributed by atoms with van der Waals surface area (Å²) < 4.78 is 8.53. The summed E-state index contributed by atoms with van der Waals surface area (Å²) in [7, 11) is 1.56. The summed E-state index contributed by atoms with van der Waals surface area (Å²) in [6, 6.07) is 21.4. The Morgan fingerprint density at radius 1 is 0.966 bits per heavy atom. The van der Waals surface area contributed by atoms with Crippen molar-refractivity contribution in [3.63, 3.8) is 0 Å². The van der Waals surface area contributed by atoms with E-state index in [1.807, 2.05) is 73.7 Å². The van der Waals surface area contributed by atoms with Crippen molar-refractivity contribution >= 4 is 11.6 Å². The van der Waals surface area contributed by atoms with Gasteiger partial charge in [0.15, 0.2) is 0 Å². The second-order valence-corrected chi connectivity index (χ2v) is 7.08. The van der Waals surface area contributed by atoms with Crippen molar-refractivity contribution in [2.75, 3.05) is 0 Å². The molecule has 29 heavy (non-hydrogen) atoms. The molecule has 0 saturated heterocycles.